The molecule has 0 aliphatic heterocycles. The highest BCUT2D eigenvalue weighted by atomic mass is 32.1. The number of aromatic nitrogens is 4. The third-order valence-electron chi connectivity index (χ3n) is 6.33. The van der Waals surface area contributed by atoms with E-state index in [0.717, 1.165) is 73.0 Å². The van der Waals surface area contributed by atoms with Crippen LogP contribution in [0.1, 0.15) is 62.6 Å². The highest BCUT2D eigenvalue weighted by molar-refractivity contribution is 7.13. The molecule has 32 heavy (non-hydrogen) atoms. The Morgan fingerprint density at radius 2 is 1.94 bits per heavy atom. The number of thiophene rings is 1. The lowest BCUT2D eigenvalue weighted by atomic mass is 10.1. The Hall–Kier alpha value is -2.13. The van der Waals surface area contributed by atoms with Crippen molar-refractivity contribution in [3.8, 4) is 16.5 Å². The Kier molecular flexibility index (Phi) is 7.35. The van der Waals surface area contributed by atoms with Crippen LogP contribution in [-0.2, 0) is 0 Å². The molecular weight excluding hydrogens is 420 g/mol. The Morgan fingerprint density at radius 3 is 2.56 bits per heavy atom. The summed E-state index contributed by atoms with van der Waals surface area (Å²) in [6, 6.07) is 4.12. The van der Waals surface area contributed by atoms with Crippen molar-refractivity contribution in [3.05, 3.63) is 46.7 Å². The summed E-state index contributed by atoms with van der Waals surface area (Å²) in [5, 5.41) is 18.0. The van der Waals surface area contributed by atoms with Gasteiger partial charge in [0.25, 0.3) is 5.95 Å². The second-order valence-electron chi connectivity index (χ2n) is 8.38. The molecule has 0 radical (unpaired) electrons. The monoisotopic (exact) mass is 454 g/mol. The van der Waals surface area contributed by atoms with Crippen LogP contribution in [0.3, 0.4) is 0 Å². The van der Waals surface area contributed by atoms with E-state index in [1.807, 2.05) is 30.1 Å². The van der Waals surface area contributed by atoms with Gasteiger partial charge in [-0.2, -0.15) is 5.10 Å². The minimum atomic E-state index is -0.679. The van der Waals surface area contributed by atoms with Crippen molar-refractivity contribution in [2.24, 2.45) is 0 Å². The van der Waals surface area contributed by atoms with Gasteiger partial charge >= 0.3 is 0 Å². The molecule has 0 amide bonds. The molecule has 1 aliphatic rings. The Bertz CT molecular complexity index is 1010. The van der Waals surface area contributed by atoms with Crippen LogP contribution >= 0.6 is 11.3 Å². The smallest absolute Gasteiger partial charge is 0.251 e. The van der Waals surface area contributed by atoms with Crippen LogP contribution < -0.4 is 0 Å². The summed E-state index contributed by atoms with van der Waals surface area (Å²) in [6.45, 7) is 13.1. The zero-order chi connectivity index (χ0) is 22.7. The maximum atomic E-state index is 11.3. The van der Waals surface area contributed by atoms with E-state index in [-0.39, 0.29) is 0 Å². The fourth-order valence-electron chi connectivity index (χ4n) is 4.15. The summed E-state index contributed by atoms with van der Waals surface area (Å²) in [6.07, 6.45) is 5.23. The summed E-state index contributed by atoms with van der Waals surface area (Å²) in [5.74, 6) is 0.976. The second kappa shape index (κ2) is 10.2. The van der Waals surface area contributed by atoms with Gasteiger partial charge < -0.3 is 10.0 Å². The van der Waals surface area contributed by atoms with Gasteiger partial charge in [-0.1, -0.05) is 26.8 Å². The summed E-state index contributed by atoms with van der Waals surface area (Å²) >= 11 is 1.67. The Labute approximate surface area is 194 Å². The maximum Gasteiger partial charge on any atom is 0.251 e. The Balaban J connectivity index is 1.64. The van der Waals surface area contributed by atoms with Crippen LogP contribution in [-0.4, -0.2) is 67.4 Å². The summed E-state index contributed by atoms with van der Waals surface area (Å²) < 4.78 is 1.85. The number of aryl methyl sites for hydroxylation is 1. The van der Waals surface area contributed by atoms with Crippen molar-refractivity contribution in [2.45, 2.75) is 52.7 Å². The van der Waals surface area contributed by atoms with E-state index < -0.39 is 6.23 Å². The van der Waals surface area contributed by atoms with E-state index in [1.54, 1.807) is 11.3 Å². The van der Waals surface area contributed by atoms with Gasteiger partial charge in [-0.25, -0.2) is 14.6 Å². The average molecular weight is 455 g/mol. The van der Waals surface area contributed by atoms with E-state index >= 15 is 0 Å². The second-order valence-corrected chi connectivity index (χ2v) is 9.33. The number of hydrogen-bond donors (Lipinski definition) is 1. The lowest BCUT2D eigenvalue weighted by Crippen LogP contribution is -2.37. The first-order chi connectivity index (χ1) is 15.6. The van der Waals surface area contributed by atoms with Crippen LogP contribution in [0.2, 0.25) is 0 Å². The van der Waals surface area contributed by atoms with Crippen LogP contribution in [0.15, 0.2) is 29.9 Å². The molecule has 3 aromatic heterocycles. The van der Waals surface area contributed by atoms with E-state index in [9.17, 15) is 5.11 Å². The molecule has 1 N–H and O–H groups in total. The molecule has 1 fully saturated rings. The molecule has 7 nitrogen and oxygen atoms in total. The lowest BCUT2D eigenvalue weighted by Gasteiger charge is -2.29. The molecule has 0 spiro atoms. The van der Waals surface area contributed by atoms with E-state index in [4.69, 9.17) is 4.98 Å². The van der Waals surface area contributed by atoms with E-state index in [2.05, 4.69) is 52.1 Å². The SMILES string of the molecule is CCN(CC)CCN(CC)C(O)c1cnn(-c2ncc(C)c(-c3cccs3)n2)c1C1CC1. The predicted molar refractivity (Wildman–Crippen MR) is 129 cm³/mol. The standard InChI is InChI=1S/C24H34N6OS/c1-5-28(6-2)12-13-29(7-3)23(31)19-16-26-30(22(19)18-10-11-18)24-25-15-17(4)21(27-24)20-9-8-14-32-20/h8-9,14-16,18,23,31H,5-7,10-13H2,1-4H3. The van der Waals surface area contributed by atoms with Crippen molar-refractivity contribution < 1.29 is 5.11 Å². The van der Waals surface area contributed by atoms with Gasteiger partial charge in [0.05, 0.1) is 22.5 Å². The van der Waals surface area contributed by atoms with Crippen molar-refractivity contribution in [1.29, 1.82) is 0 Å². The molecule has 8 heteroatoms. The number of nitrogens with zero attached hydrogens (tertiary/aromatic N) is 6. The van der Waals surface area contributed by atoms with Crippen molar-refractivity contribution in [2.75, 3.05) is 32.7 Å². The molecule has 0 saturated heterocycles. The van der Waals surface area contributed by atoms with Gasteiger partial charge in [0.2, 0.25) is 0 Å². The molecule has 4 rings (SSSR count). The van der Waals surface area contributed by atoms with Gasteiger partial charge in [0.15, 0.2) is 0 Å². The van der Waals surface area contributed by atoms with Crippen LogP contribution in [0.5, 0.6) is 0 Å². The minimum Gasteiger partial charge on any atom is -0.374 e. The molecule has 3 heterocycles. The largest absolute Gasteiger partial charge is 0.374 e. The molecule has 1 saturated carbocycles. The minimum absolute atomic E-state index is 0.402. The summed E-state index contributed by atoms with van der Waals surface area (Å²) in [4.78, 5) is 15.1. The van der Waals surface area contributed by atoms with Crippen LogP contribution in [0.25, 0.3) is 16.5 Å². The van der Waals surface area contributed by atoms with Crippen molar-refractivity contribution in [3.63, 3.8) is 0 Å². The maximum absolute atomic E-state index is 11.3. The normalized spacial score (nSPS) is 15.1. The number of aliphatic hydroxyl groups is 1. The van der Waals surface area contributed by atoms with Gasteiger partial charge in [0.1, 0.15) is 6.23 Å². The highest BCUT2D eigenvalue weighted by Gasteiger charge is 2.34. The fraction of sp³-hybridized carbons (Fsp3) is 0.542. The van der Waals surface area contributed by atoms with Crippen LogP contribution in [0.4, 0.5) is 0 Å². The van der Waals surface area contributed by atoms with Gasteiger partial charge in [-0.15, -0.1) is 11.3 Å². The topological polar surface area (TPSA) is 70.3 Å². The number of likely N-dealkylation sites (N-methyl/N-ethyl adjacent to an activating group) is 2. The van der Waals surface area contributed by atoms with Crippen molar-refractivity contribution in [1.82, 2.24) is 29.5 Å². The Morgan fingerprint density at radius 1 is 1.16 bits per heavy atom. The first-order valence-corrected chi connectivity index (χ1v) is 12.5. The molecule has 1 aliphatic carbocycles. The molecule has 0 bridgehead atoms. The first-order valence-electron chi connectivity index (χ1n) is 11.7. The average Bonchev–Trinajstić information content (AvgIpc) is 3.32. The van der Waals surface area contributed by atoms with E-state index in [1.165, 1.54) is 0 Å². The number of aliphatic hydroxyl groups excluding tert-OH is 1. The number of rotatable bonds is 11. The van der Waals surface area contributed by atoms with Gasteiger partial charge in [-0.05, 0) is 56.4 Å². The first kappa shape index (κ1) is 23.0. The molecule has 1 atom stereocenters. The zero-order valence-corrected chi connectivity index (χ0v) is 20.3. The highest BCUT2D eigenvalue weighted by Crippen LogP contribution is 2.44. The summed E-state index contributed by atoms with van der Waals surface area (Å²) in [5.41, 5.74) is 3.93. The molecule has 172 valence electrons. The third kappa shape index (κ3) is 4.78. The predicted octanol–water partition coefficient (Wildman–Crippen LogP) is 4.23. The lowest BCUT2D eigenvalue weighted by molar-refractivity contribution is -0.000431. The zero-order valence-electron chi connectivity index (χ0n) is 19.5. The van der Waals surface area contributed by atoms with Gasteiger partial charge in [0, 0.05) is 30.8 Å². The molecule has 0 aromatic carbocycles. The van der Waals surface area contributed by atoms with Crippen molar-refractivity contribution >= 4 is 11.3 Å². The fourth-order valence-corrected chi connectivity index (χ4v) is 4.93. The van der Waals surface area contributed by atoms with Crippen LogP contribution in [0, 0.1) is 6.92 Å². The molecule has 1 unspecified atom stereocenters. The molecule has 3 aromatic rings. The van der Waals surface area contributed by atoms with Gasteiger partial charge in [-0.3, -0.25) is 4.90 Å². The summed E-state index contributed by atoms with van der Waals surface area (Å²) in [7, 11) is 0. The third-order valence-corrected chi connectivity index (χ3v) is 7.21. The number of hydrogen-bond acceptors (Lipinski definition) is 7. The van der Waals surface area contributed by atoms with E-state index in [0.29, 0.717) is 11.9 Å². The molecular formula is C24H34N6OS. The quantitative estimate of drug-likeness (QED) is 0.437.